The fourth-order valence-electron chi connectivity index (χ4n) is 3.30. The summed E-state index contributed by atoms with van der Waals surface area (Å²) >= 11 is 0. The van der Waals surface area contributed by atoms with E-state index >= 15 is 0 Å². The van der Waals surface area contributed by atoms with E-state index in [-0.39, 0.29) is 0 Å². The number of pyridine rings is 1. The van der Waals surface area contributed by atoms with Gasteiger partial charge in [0, 0.05) is 5.56 Å². The number of nitrogens with one attached hydrogen (secondary N) is 2. The molecule has 2 aromatic rings. The third kappa shape index (κ3) is 3.60. The summed E-state index contributed by atoms with van der Waals surface area (Å²) in [5, 5.41) is 13.2. The molecule has 1 aromatic carbocycles. The second-order valence-electron chi connectivity index (χ2n) is 6.71. The number of hydrogen-bond donors (Lipinski definition) is 3. The van der Waals surface area contributed by atoms with Crippen LogP contribution in [0.4, 0.5) is 13.2 Å². The maximum absolute atomic E-state index is 12.7. The summed E-state index contributed by atoms with van der Waals surface area (Å²) in [6, 6.07) is 6.93. The van der Waals surface area contributed by atoms with Gasteiger partial charge in [0.05, 0.1) is 5.70 Å². The molecule has 1 aromatic heterocycles. The normalized spacial score (nSPS) is 16.3. The first-order chi connectivity index (χ1) is 13.1. The molecular formula is C20H19F3N2O3. The molecule has 0 spiro atoms. The van der Waals surface area contributed by atoms with Gasteiger partial charge in [-0.25, -0.2) is 0 Å². The number of halogens is 3. The SMILES string of the molecule is CCCC1=C(NC(=O)c2ccc(C(F)(F)F)[nH]c2=O)c2cc(C)ccc2C1O. The minimum absolute atomic E-state index is 0.400. The summed E-state index contributed by atoms with van der Waals surface area (Å²) in [5.41, 5.74) is 0.426. The van der Waals surface area contributed by atoms with E-state index in [0.717, 1.165) is 18.1 Å². The van der Waals surface area contributed by atoms with Crippen LogP contribution in [0, 0.1) is 6.92 Å². The van der Waals surface area contributed by atoms with Crippen LogP contribution < -0.4 is 10.9 Å². The van der Waals surface area contributed by atoms with Gasteiger partial charge in [-0.3, -0.25) is 9.59 Å². The van der Waals surface area contributed by atoms with Crippen LogP contribution in [0.5, 0.6) is 0 Å². The van der Waals surface area contributed by atoms with E-state index in [9.17, 15) is 27.9 Å². The van der Waals surface area contributed by atoms with E-state index in [0.29, 0.717) is 34.9 Å². The van der Waals surface area contributed by atoms with Crippen LogP contribution in [0.25, 0.3) is 5.70 Å². The number of carbonyl (C=O) groups is 1. The molecule has 3 rings (SSSR count). The number of aliphatic hydroxyl groups excluding tert-OH is 1. The summed E-state index contributed by atoms with van der Waals surface area (Å²) in [4.78, 5) is 26.3. The molecule has 0 radical (unpaired) electrons. The Kier molecular flexibility index (Phi) is 5.16. The molecular weight excluding hydrogens is 373 g/mol. The number of fused-ring (bicyclic) bond motifs is 1. The van der Waals surface area contributed by atoms with Crippen LogP contribution >= 0.6 is 0 Å². The third-order valence-electron chi connectivity index (χ3n) is 4.64. The van der Waals surface area contributed by atoms with Crippen molar-refractivity contribution in [3.63, 3.8) is 0 Å². The topological polar surface area (TPSA) is 82.2 Å². The van der Waals surface area contributed by atoms with Gasteiger partial charge in [-0.05, 0) is 42.7 Å². The molecule has 148 valence electrons. The maximum atomic E-state index is 12.7. The molecule has 0 bridgehead atoms. The van der Waals surface area contributed by atoms with Gasteiger partial charge in [0.1, 0.15) is 17.4 Å². The summed E-state index contributed by atoms with van der Waals surface area (Å²) in [6.07, 6.45) is -4.35. The number of amides is 1. The lowest BCUT2D eigenvalue weighted by atomic mass is 10.0. The Morgan fingerprint density at radius 3 is 2.57 bits per heavy atom. The number of aliphatic hydroxyl groups is 1. The van der Waals surface area contributed by atoms with E-state index < -0.39 is 35.0 Å². The zero-order valence-corrected chi connectivity index (χ0v) is 15.3. The van der Waals surface area contributed by atoms with Gasteiger partial charge in [0.2, 0.25) is 0 Å². The van der Waals surface area contributed by atoms with Gasteiger partial charge in [-0.15, -0.1) is 0 Å². The van der Waals surface area contributed by atoms with Gasteiger partial charge in [0.25, 0.3) is 11.5 Å². The van der Waals surface area contributed by atoms with Crippen LogP contribution in [0.3, 0.4) is 0 Å². The molecule has 1 aliphatic rings. The number of benzene rings is 1. The number of rotatable bonds is 4. The quantitative estimate of drug-likeness (QED) is 0.742. The van der Waals surface area contributed by atoms with Gasteiger partial charge in [-0.1, -0.05) is 31.0 Å². The first kappa shape index (κ1) is 19.9. The lowest BCUT2D eigenvalue weighted by molar-refractivity contribution is -0.141. The molecule has 0 fully saturated rings. The van der Waals surface area contributed by atoms with Crippen molar-refractivity contribution in [2.45, 2.75) is 39.0 Å². The number of hydrogen-bond acceptors (Lipinski definition) is 3. The van der Waals surface area contributed by atoms with Crippen molar-refractivity contribution in [2.24, 2.45) is 0 Å². The average Bonchev–Trinajstić information content (AvgIpc) is 2.86. The Morgan fingerprint density at radius 2 is 1.96 bits per heavy atom. The van der Waals surface area contributed by atoms with Crippen molar-refractivity contribution in [3.8, 4) is 0 Å². The monoisotopic (exact) mass is 392 g/mol. The van der Waals surface area contributed by atoms with E-state index in [1.165, 1.54) is 0 Å². The Labute approximate surface area is 158 Å². The van der Waals surface area contributed by atoms with Crippen molar-refractivity contribution in [1.82, 2.24) is 10.3 Å². The number of aromatic amines is 1. The molecule has 0 saturated carbocycles. The highest BCUT2D eigenvalue weighted by Gasteiger charge is 2.33. The molecule has 3 N–H and O–H groups in total. The van der Waals surface area contributed by atoms with Crippen LogP contribution in [0.1, 0.15) is 58.6 Å². The fourth-order valence-corrected chi connectivity index (χ4v) is 3.30. The highest BCUT2D eigenvalue weighted by atomic mass is 19.4. The van der Waals surface area contributed by atoms with Gasteiger partial charge in [-0.2, -0.15) is 13.2 Å². The first-order valence-electron chi connectivity index (χ1n) is 8.77. The molecule has 0 aliphatic heterocycles. The smallest absolute Gasteiger partial charge is 0.384 e. The summed E-state index contributed by atoms with van der Waals surface area (Å²) in [7, 11) is 0. The Balaban J connectivity index is 1.99. The molecule has 1 atom stereocenters. The summed E-state index contributed by atoms with van der Waals surface area (Å²) in [5.74, 6) is -0.833. The molecule has 5 nitrogen and oxygen atoms in total. The molecule has 0 saturated heterocycles. The predicted octanol–water partition coefficient (Wildman–Crippen LogP) is 3.69. The van der Waals surface area contributed by atoms with Gasteiger partial charge >= 0.3 is 6.18 Å². The number of alkyl halides is 3. The van der Waals surface area contributed by atoms with Crippen LogP contribution in [-0.2, 0) is 6.18 Å². The standard InChI is InChI=1S/C20H19F3N2O3/c1-3-4-12-16(14-9-10(2)5-6-11(14)17(12)26)25-19(28)13-7-8-15(20(21,22)23)24-18(13)27/h5-9,17,26H,3-4H2,1-2H3,(H,24,27)(H,25,28). The molecule has 1 heterocycles. The summed E-state index contributed by atoms with van der Waals surface area (Å²) in [6.45, 7) is 3.79. The molecule has 1 aliphatic carbocycles. The van der Waals surface area contributed by atoms with Crippen LogP contribution in [0.2, 0.25) is 0 Å². The van der Waals surface area contributed by atoms with Crippen molar-refractivity contribution in [1.29, 1.82) is 0 Å². The molecule has 28 heavy (non-hydrogen) atoms. The second-order valence-corrected chi connectivity index (χ2v) is 6.71. The lowest BCUT2D eigenvalue weighted by Gasteiger charge is -2.12. The largest absolute Gasteiger partial charge is 0.431 e. The first-order valence-corrected chi connectivity index (χ1v) is 8.77. The minimum atomic E-state index is -4.71. The molecule has 1 unspecified atom stereocenters. The zero-order chi connectivity index (χ0) is 20.6. The van der Waals surface area contributed by atoms with E-state index in [1.54, 1.807) is 11.1 Å². The van der Waals surface area contributed by atoms with Gasteiger partial charge < -0.3 is 15.4 Å². The van der Waals surface area contributed by atoms with E-state index in [2.05, 4.69) is 5.32 Å². The minimum Gasteiger partial charge on any atom is -0.384 e. The highest BCUT2D eigenvalue weighted by molar-refractivity contribution is 6.00. The maximum Gasteiger partial charge on any atom is 0.431 e. The zero-order valence-electron chi connectivity index (χ0n) is 15.3. The predicted molar refractivity (Wildman–Crippen MR) is 97.5 cm³/mol. The fraction of sp³-hybridized carbons (Fsp3) is 0.300. The van der Waals surface area contributed by atoms with Gasteiger partial charge in [0.15, 0.2) is 0 Å². The Bertz CT molecular complexity index is 1020. The number of H-pyrrole nitrogens is 1. The summed E-state index contributed by atoms with van der Waals surface area (Å²) < 4.78 is 38.1. The van der Waals surface area contributed by atoms with Crippen molar-refractivity contribution < 1.29 is 23.1 Å². The average molecular weight is 392 g/mol. The number of carbonyl (C=O) groups excluding carboxylic acids is 1. The Hall–Kier alpha value is -2.87. The van der Waals surface area contributed by atoms with E-state index in [1.807, 2.05) is 26.0 Å². The molecule has 8 heteroatoms. The molecule has 1 amide bonds. The highest BCUT2D eigenvalue weighted by Crippen LogP contribution is 2.41. The van der Waals surface area contributed by atoms with Crippen molar-refractivity contribution >= 4 is 11.6 Å². The van der Waals surface area contributed by atoms with Crippen molar-refractivity contribution in [3.05, 3.63) is 74.2 Å². The lowest BCUT2D eigenvalue weighted by Crippen LogP contribution is -2.30. The van der Waals surface area contributed by atoms with Crippen LogP contribution in [0.15, 0.2) is 40.7 Å². The van der Waals surface area contributed by atoms with E-state index in [4.69, 9.17) is 0 Å². The number of aryl methyl sites for hydroxylation is 1. The van der Waals surface area contributed by atoms with Crippen LogP contribution in [-0.4, -0.2) is 16.0 Å². The number of aromatic nitrogens is 1. The van der Waals surface area contributed by atoms with Crippen molar-refractivity contribution in [2.75, 3.05) is 0 Å². The second kappa shape index (κ2) is 7.27. The third-order valence-corrected chi connectivity index (χ3v) is 4.64. The Morgan fingerprint density at radius 1 is 1.25 bits per heavy atom.